The number of fused-ring (bicyclic) bond motifs is 2. The van der Waals surface area contributed by atoms with Gasteiger partial charge in [-0.2, -0.15) is 15.5 Å². The summed E-state index contributed by atoms with van der Waals surface area (Å²) >= 11 is 0. The third-order valence-corrected chi connectivity index (χ3v) is 5.08. The third-order valence-electron chi connectivity index (χ3n) is 5.08. The lowest BCUT2D eigenvalue weighted by atomic mass is 10.1. The number of nitrogens with one attached hydrogen (secondary N) is 1. The van der Waals surface area contributed by atoms with Gasteiger partial charge < -0.3 is 5.32 Å². The van der Waals surface area contributed by atoms with E-state index in [0.29, 0.717) is 29.7 Å². The number of nitriles is 1. The highest BCUT2D eigenvalue weighted by Crippen LogP contribution is 2.21. The van der Waals surface area contributed by atoms with Crippen LogP contribution in [0.3, 0.4) is 0 Å². The van der Waals surface area contributed by atoms with Crippen molar-refractivity contribution in [1.29, 1.82) is 5.26 Å². The van der Waals surface area contributed by atoms with Crippen LogP contribution in [-0.4, -0.2) is 35.3 Å². The molecule has 0 radical (unpaired) electrons. The van der Waals surface area contributed by atoms with Gasteiger partial charge in [-0.05, 0) is 38.8 Å². The Morgan fingerprint density at radius 3 is 2.76 bits per heavy atom. The second kappa shape index (κ2) is 6.98. The van der Waals surface area contributed by atoms with Gasteiger partial charge in [-0.25, -0.2) is 14.5 Å². The van der Waals surface area contributed by atoms with Crippen LogP contribution in [0.2, 0.25) is 0 Å². The molecule has 1 amide bonds. The standard InChI is InChI=1S/C20H20N8O/c1-11-16(13(3)28-19(24-11)14(8-21)9-23-28)5-6-18(29)25-15-7-17-12(2)26-27(4)20(17)22-10-15/h7,9-10H,5-6H2,1-4H3,(H,25,29). The molecular weight excluding hydrogens is 368 g/mol. The van der Waals surface area contributed by atoms with E-state index in [1.54, 1.807) is 15.4 Å². The summed E-state index contributed by atoms with van der Waals surface area (Å²) in [7, 11) is 1.84. The fraction of sp³-hybridized carbons (Fsp3) is 0.300. The second-order valence-corrected chi connectivity index (χ2v) is 7.02. The molecule has 0 aliphatic heterocycles. The van der Waals surface area contributed by atoms with Crippen molar-refractivity contribution in [3.8, 4) is 6.07 Å². The highest BCUT2D eigenvalue weighted by atomic mass is 16.1. The zero-order valence-electron chi connectivity index (χ0n) is 16.7. The molecule has 9 heteroatoms. The van der Waals surface area contributed by atoms with Crippen LogP contribution in [0.5, 0.6) is 0 Å². The fourth-order valence-corrected chi connectivity index (χ4v) is 3.59. The number of carbonyl (C=O) groups is 1. The van der Waals surface area contributed by atoms with Crippen molar-refractivity contribution in [3.63, 3.8) is 0 Å². The van der Waals surface area contributed by atoms with Crippen LogP contribution in [0.4, 0.5) is 5.69 Å². The summed E-state index contributed by atoms with van der Waals surface area (Å²) in [6.45, 7) is 5.72. The van der Waals surface area contributed by atoms with E-state index in [4.69, 9.17) is 5.26 Å². The Labute approximate surface area is 167 Å². The highest BCUT2D eigenvalue weighted by Gasteiger charge is 2.15. The predicted molar refractivity (Wildman–Crippen MR) is 107 cm³/mol. The molecule has 4 aromatic heterocycles. The van der Waals surface area contributed by atoms with Crippen LogP contribution in [0.1, 0.15) is 34.6 Å². The molecule has 0 bridgehead atoms. The Kier molecular flexibility index (Phi) is 4.47. The first kappa shape index (κ1) is 18.6. The maximum Gasteiger partial charge on any atom is 0.224 e. The predicted octanol–water partition coefficient (Wildman–Crippen LogP) is 2.38. The average molecular weight is 388 g/mol. The summed E-state index contributed by atoms with van der Waals surface area (Å²) in [4.78, 5) is 21.4. The lowest BCUT2D eigenvalue weighted by Crippen LogP contribution is -2.14. The van der Waals surface area contributed by atoms with Crippen LogP contribution < -0.4 is 5.32 Å². The molecule has 0 aliphatic rings. The minimum Gasteiger partial charge on any atom is -0.325 e. The lowest BCUT2D eigenvalue weighted by molar-refractivity contribution is -0.116. The highest BCUT2D eigenvalue weighted by molar-refractivity contribution is 5.93. The zero-order chi connectivity index (χ0) is 20.7. The Balaban J connectivity index is 1.51. The van der Waals surface area contributed by atoms with Gasteiger partial charge in [-0.3, -0.25) is 9.48 Å². The molecule has 0 fully saturated rings. The van der Waals surface area contributed by atoms with Crippen LogP contribution >= 0.6 is 0 Å². The van der Waals surface area contributed by atoms with Crippen molar-refractivity contribution in [2.75, 3.05) is 5.32 Å². The third kappa shape index (κ3) is 3.18. The number of pyridine rings is 1. The van der Waals surface area contributed by atoms with E-state index in [9.17, 15) is 4.79 Å². The van der Waals surface area contributed by atoms with Gasteiger partial charge in [0.25, 0.3) is 0 Å². The Bertz CT molecular complexity index is 1310. The number of aryl methyl sites for hydroxylation is 4. The molecular formula is C20H20N8O. The molecule has 1 N–H and O–H groups in total. The molecule has 4 heterocycles. The van der Waals surface area contributed by atoms with Crippen molar-refractivity contribution >= 4 is 28.3 Å². The second-order valence-electron chi connectivity index (χ2n) is 7.02. The maximum absolute atomic E-state index is 12.5. The van der Waals surface area contributed by atoms with Crippen LogP contribution in [0, 0.1) is 32.1 Å². The smallest absolute Gasteiger partial charge is 0.224 e. The number of nitrogens with zero attached hydrogens (tertiary/aromatic N) is 7. The van der Waals surface area contributed by atoms with Gasteiger partial charge in [-0.1, -0.05) is 0 Å². The zero-order valence-corrected chi connectivity index (χ0v) is 16.7. The van der Waals surface area contributed by atoms with Crippen LogP contribution in [-0.2, 0) is 18.3 Å². The first-order valence-corrected chi connectivity index (χ1v) is 9.22. The van der Waals surface area contributed by atoms with E-state index in [-0.39, 0.29) is 5.91 Å². The van der Waals surface area contributed by atoms with Gasteiger partial charge in [0, 0.05) is 30.2 Å². The van der Waals surface area contributed by atoms with Crippen molar-refractivity contribution in [2.24, 2.45) is 7.05 Å². The Morgan fingerprint density at radius 2 is 2.00 bits per heavy atom. The molecule has 146 valence electrons. The Morgan fingerprint density at radius 1 is 1.21 bits per heavy atom. The van der Waals surface area contributed by atoms with E-state index < -0.39 is 0 Å². The maximum atomic E-state index is 12.5. The van der Waals surface area contributed by atoms with E-state index in [2.05, 4.69) is 31.6 Å². The summed E-state index contributed by atoms with van der Waals surface area (Å²) in [6.07, 6.45) is 3.97. The lowest BCUT2D eigenvalue weighted by Gasteiger charge is -2.11. The van der Waals surface area contributed by atoms with Crippen LogP contribution in [0.15, 0.2) is 18.5 Å². The molecule has 0 spiro atoms. The van der Waals surface area contributed by atoms with E-state index >= 15 is 0 Å². The van der Waals surface area contributed by atoms with E-state index in [1.807, 2.05) is 33.9 Å². The number of hydrogen-bond donors (Lipinski definition) is 1. The fourth-order valence-electron chi connectivity index (χ4n) is 3.59. The molecule has 0 aliphatic carbocycles. The Hall–Kier alpha value is -3.80. The summed E-state index contributed by atoms with van der Waals surface area (Å²) in [5.41, 5.74) is 5.92. The van der Waals surface area contributed by atoms with Gasteiger partial charge in [0.1, 0.15) is 11.6 Å². The number of aromatic nitrogens is 6. The number of amides is 1. The summed E-state index contributed by atoms with van der Waals surface area (Å²) < 4.78 is 3.37. The molecule has 29 heavy (non-hydrogen) atoms. The minimum absolute atomic E-state index is 0.107. The SMILES string of the molecule is Cc1nc2c(C#N)cnn2c(C)c1CCC(=O)Nc1cnc2c(c1)c(C)nn2C. The molecule has 0 saturated carbocycles. The van der Waals surface area contributed by atoms with Gasteiger partial charge >= 0.3 is 0 Å². The normalized spacial score (nSPS) is 11.1. The summed E-state index contributed by atoms with van der Waals surface area (Å²) in [6, 6.07) is 3.99. The van der Waals surface area contributed by atoms with Crippen molar-refractivity contribution in [2.45, 2.75) is 33.6 Å². The first-order valence-electron chi connectivity index (χ1n) is 9.22. The summed E-state index contributed by atoms with van der Waals surface area (Å²) in [5, 5.41) is 21.6. The molecule has 0 unspecified atom stereocenters. The summed E-state index contributed by atoms with van der Waals surface area (Å²) in [5.74, 6) is -0.107. The number of anilines is 1. The first-order chi connectivity index (χ1) is 13.9. The van der Waals surface area contributed by atoms with Gasteiger partial charge in [0.15, 0.2) is 11.3 Å². The molecule has 0 saturated heterocycles. The number of hydrogen-bond acceptors (Lipinski definition) is 6. The van der Waals surface area contributed by atoms with Gasteiger partial charge in [-0.15, -0.1) is 0 Å². The largest absolute Gasteiger partial charge is 0.325 e. The van der Waals surface area contributed by atoms with Gasteiger partial charge in [0.05, 0.1) is 23.8 Å². The molecule has 0 aromatic carbocycles. The van der Waals surface area contributed by atoms with E-state index in [1.165, 1.54) is 6.20 Å². The molecule has 9 nitrogen and oxygen atoms in total. The topological polar surface area (TPSA) is 114 Å². The van der Waals surface area contributed by atoms with E-state index in [0.717, 1.165) is 33.7 Å². The average Bonchev–Trinajstić information content (AvgIpc) is 3.22. The minimum atomic E-state index is -0.107. The molecule has 4 aromatic rings. The molecule has 0 atom stereocenters. The van der Waals surface area contributed by atoms with Crippen molar-refractivity contribution in [3.05, 3.63) is 46.7 Å². The van der Waals surface area contributed by atoms with Crippen molar-refractivity contribution < 1.29 is 4.79 Å². The van der Waals surface area contributed by atoms with Crippen LogP contribution in [0.25, 0.3) is 16.7 Å². The number of rotatable bonds is 4. The van der Waals surface area contributed by atoms with Gasteiger partial charge in [0.2, 0.25) is 5.91 Å². The monoisotopic (exact) mass is 388 g/mol. The quantitative estimate of drug-likeness (QED) is 0.574. The van der Waals surface area contributed by atoms with Crippen molar-refractivity contribution in [1.82, 2.24) is 29.4 Å². The molecule has 4 rings (SSSR count). The number of carbonyl (C=O) groups excluding carboxylic acids is 1.